The van der Waals surface area contributed by atoms with Gasteiger partial charge in [0.1, 0.15) is 5.69 Å². The highest BCUT2D eigenvalue weighted by molar-refractivity contribution is 5.23. The minimum absolute atomic E-state index is 0.152. The smallest absolute Gasteiger partial charge is 0.273 e. The Kier molecular flexibility index (Phi) is 6.70. The van der Waals surface area contributed by atoms with Crippen molar-refractivity contribution in [3.8, 4) is 0 Å². The zero-order chi connectivity index (χ0) is 14.9. The summed E-state index contributed by atoms with van der Waals surface area (Å²) < 4.78 is 0. The molecule has 2 rings (SSSR count). The summed E-state index contributed by atoms with van der Waals surface area (Å²) in [7, 11) is 0. The summed E-state index contributed by atoms with van der Waals surface area (Å²) in [5, 5.41) is 11.3. The maximum atomic E-state index is 11.6. The Hall–Kier alpha value is -1.39. The molecule has 2 N–H and O–H groups in total. The summed E-state index contributed by atoms with van der Waals surface area (Å²) >= 11 is 0. The van der Waals surface area contributed by atoms with Crippen LogP contribution < -0.4 is 10.9 Å². The van der Waals surface area contributed by atoms with Crippen LogP contribution in [-0.2, 0) is 0 Å². The molecule has 1 saturated carbocycles. The fourth-order valence-corrected chi connectivity index (χ4v) is 2.96. The molecule has 1 aliphatic carbocycles. The average Bonchev–Trinajstić information content (AvgIpc) is 2.46. The van der Waals surface area contributed by atoms with Crippen molar-refractivity contribution in [2.45, 2.75) is 83.6 Å². The first kappa shape index (κ1) is 16.0. The summed E-state index contributed by atoms with van der Waals surface area (Å²) in [5.74, 6) is 0.516. The number of nitrogens with zero attached hydrogens (tertiary/aromatic N) is 2. The molecule has 1 aliphatic rings. The monoisotopic (exact) mass is 292 g/mol. The molecule has 118 valence electrons. The number of hydrogen-bond donors (Lipinski definition) is 2. The molecule has 0 saturated heterocycles. The van der Waals surface area contributed by atoms with E-state index >= 15 is 0 Å². The maximum absolute atomic E-state index is 11.6. The Balaban J connectivity index is 1.90. The molecule has 0 amide bonds. The Morgan fingerprint density at radius 3 is 1.95 bits per heavy atom. The van der Waals surface area contributed by atoms with E-state index in [1.54, 1.807) is 6.92 Å². The van der Waals surface area contributed by atoms with Crippen LogP contribution in [0, 0.1) is 6.92 Å². The Morgan fingerprint density at radius 2 is 1.43 bits per heavy atom. The van der Waals surface area contributed by atoms with E-state index in [1.807, 2.05) is 0 Å². The van der Waals surface area contributed by atoms with Gasteiger partial charge in [-0.1, -0.05) is 57.8 Å². The van der Waals surface area contributed by atoms with Crippen molar-refractivity contribution < 1.29 is 0 Å². The van der Waals surface area contributed by atoms with E-state index in [4.69, 9.17) is 0 Å². The van der Waals surface area contributed by atoms with Crippen LogP contribution in [0.2, 0.25) is 0 Å². The number of aromatic amines is 1. The molecule has 0 atom stereocenters. The molecular formula is C16H28N4O. The molecule has 1 fully saturated rings. The van der Waals surface area contributed by atoms with E-state index in [9.17, 15) is 4.79 Å². The van der Waals surface area contributed by atoms with Crippen LogP contribution in [0.3, 0.4) is 0 Å². The number of aromatic nitrogens is 3. The van der Waals surface area contributed by atoms with Gasteiger partial charge in [-0.15, -0.1) is 10.2 Å². The molecule has 0 aromatic carbocycles. The molecule has 0 spiro atoms. The molecule has 5 heteroatoms. The number of hydrogen-bond acceptors (Lipinski definition) is 4. The number of nitrogens with one attached hydrogen (secondary N) is 2. The van der Waals surface area contributed by atoms with Gasteiger partial charge in [-0.05, 0) is 19.8 Å². The second-order valence-corrected chi connectivity index (χ2v) is 6.19. The fraction of sp³-hybridized carbons (Fsp3) is 0.812. The maximum Gasteiger partial charge on any atom is 0.273 e. The summed E-state index contributed by atoms with van der Waals surface area (Å²) in [6.07, 6.45) is 14.3. The first-order valence-electron chi connectivity index (χ1n) is 8.46. The summed E-state index contributed by atoms with van der Waals surface area (Å²) in [6.45, 7) is 1.67. The molecule has 0 radical (unpaired) electrons. The van der Waals surface area contributed by atoms with Crippen molar-refractivity contribution in [2.24, 2.45) is 0 Å². The van der Waals surface area contributed by atoms with E-state index in [1.165, 1.54) is 57.8 Å². The van der Waals surface area contributed by atoms with Gasteiger partial charge in [-0.25, -0.2) is 0 Å². The highest BCUT2D eigenvalue weighted by Crippen LogP contribution is 2.18. The Bertz CT molecular complexity index is 460. The molecule has 1 aromatic rings. The van der Waals surface area contributed by atoms with Gasteiger partial charge in [-0.3, -0.25) is 9.78 Å². The SMILES string of the molecule is Cc1nnc(NC2CCCCCCCCCCC2)[nH]c1=O. The normalized spacial score (nSPS) is 19.5. The quantitative estimate of drug-likeness (QED) is 0.874. The third kappa shape index (κ3) is 5.86. The largest absolute Gasteiger partial charge is 0.352 e. The van der Waals surface area contributed by atoms with E-state index in [-0.39, 0.29) is 5.56 Å². The van der Waals surface area contributed by atoms with Crippen molar-refractivity contribution in [3.63, 3.8) is 0 Å². The van der Waals surface area contributed by atoms with Crippen molar-refractivity contribution in [1.29, 1.82) is 0 Å². The molecule has 0 bridgehead atoms. The number of rotatable bonds is 2. The van der Waals surface area contributed by atoms with Crippen LogP contribution in [0.5, 0.6) is 0 Å². The first-order valence-corrected chi connectivity index (χ1v) is 8.46. The lowest BCUT2D eigenvalue weighted by atomic mass is 9.98. The predicted octanol–water partition coefficient (Wildman–Crippen LogP) is 3.56. The third-order valence-electron chi connectivity index (χ3n) is 4.31. The molecule has 1 aromatic heterocycles. The van der Waals surface area contributed by atoms with Crippen LogP contribution in [-0.4, -0.2) is 21.2 Å². The van der Waals surface area contributed by atoms with Gasteiger partial charge in [0, 0.05) is 6.04 Å². The Morgan fingerprint density at radius 1 is 0.905 bits per heavy atom. The minimum Gasteiger partial charge on any atom is -0.352 e. The van der Waals surface area contributed by atoms with Gasteiger partial charge in [-0.2, -0.15) is 0 Å². The molecule has 0 aliphatic heterocycles. The molecule has 1 heterocycles. The summed E-state index contributed by atoms with van der Waals surface area (Å²) in [6, 6.07) is 0.400. The Labute approximate surface area is 127 Å². The van der Waals surface area contributed by atoms with Gasteiger partial charge >= 0.3 is 0 Å². The zero-order valence-corrected chi connectivity index (χ0v) is 13.2. The average molecular weight is 292 g/mol. The van der Waals surface area contributed by atoms with Crippen LogP contribution in [0.4, 0.5) is 5.95 Å². The van der Waals surface area contributed by atoms with Gasteiger partial charge in [0.25, 0.3) is 5.56 Å². The lowest BCUT2D eigenvalue weighted by molar-refractivity contribution is 0.478. The summed E-state index contributed by atoms with van der Waals surface area (Å²) in [4.78, 5) is 14.4. The predicted molar refractivity (Wildman–Crippen MR) is 85.6 cm³/mol. The van der Waals surface area contributed by atoms with E-state index in [0.717, 1.165) is 12.8 Å². The topological polar surface area (TPSA) is 70.7 Å². The van der Waals surface area contributed by atoms with Gasteiger partial charge in [0.15, 0.2) is 0 Å². The summed E-state index contributed by atoms with van der Waals surface area (Å²) in [5.41, 5.74) is 0.264. The number of anilines is 1. The fourth-order valence-electron chi connectivity index (χ4n) is 2.96. The van der Waals surface area contributed by atoms with Gasteiger partial charge in [0.2, 0.25) is 5.95 Å². The second kappa shape index (κ2) is 8.80. The lowest BCUT2D eigenvalue weighted by Crippen LogP contribution is -2.24. The molecule has 21 heavy (non-hydrogen) atoms. The van der Waals surface area contributed by atoms with Crippen LogP contribution >= 0.6 is 0 Å². The van der Waals surface area contributed by atoms with E-state index in [0.29, 0.717) is 17.7 Å². The van der Waals surface area contributed by atoms with Crippen molar-refractivity contribution in [3.05, 3.63) is 16.0 Å². The number of H-pyrrole nitrogens is 1. The van der Waals surface area contributed by atoms with Crippen LogP contribution in [0.1, 0.15) is 76.3 Å². The second-order valence-electron chi connectivity index (χ2n) is 6.19. The molecule has 0 unspecified atom stereocenters. The number of aryl methyl sites for hydroxylation is 1. The van der Waals surface area contributed by atoms with Gasteiger partial charge in [0.05, 0.1) is 0 Å². The van der Waals surface area contributed by atoms with Crippen molar-refractivity contribution in [1.82, 2.24) is 15.2 Å². The third-order valence-corrected chi connectivity index (χ3v) is 4.31. The van der Waals surface area contributed by atoms with Crippen LogP contribution in [0.15, 0.2) is 4.79 Å². The zero-order valence-electron chi connectivity index (χ0n) is 13.2. The lowest BCUT2D eigenvalue weighted by Gasteiger charge is -2.19. The van der Waals surface area contributed by atoms with E-state index < -0.39 is 0 Å². The highest BCUT2D eigenvalue weighted by atomic mass is 16.1. The van der Waals surface area contributed by atoms with Crippen molar-refractivity contribution in [2.75, 3.05) is 5.32 Å². The highest BCUT2D eigenvalue weighted by Gasteiger charge is 2.11. The van der Waals surface area contributed by atoms with E-state index in [2.05, 4.69) is 20.5 Å². The standard InChI is InChI=1S/C16H28N4O/c1-13-15(21)18-16(20-19-13)17-14-11-9-7-5-3-2-4-6-8-10-12-14/h14H,2-12H2,1H3,(H2,17,18,20,21). The van der Waals surface area contributed by atoms with Crippen LogP contribution in [0.25, 0.3) is 0 Å². The van der Waals surface area contributed by atoms with Crippen molar-refractivity contribution >= 4 is 5.95 Å². The first-order chi connectivity index (χ1) is 10.3. The van der Waals surface area contributed by atoms with Gasteiger partial charge < -0.3 is 5.32 Å². The molecular weight excluding hydrogens is 264 g/mol. The minimum atomic E-state index is -0.152. The molecule has 5 nitrogen and oxygen atoms in total.